The molecule has 0 fully saturated rings. The zero-order valence-electron chi connectivity index (χ0n) is 25.7. The summed E-state index contributed by atoms with van der Waals surface area (Å²) in [5.41, 5.74) is 7.38. The van der Waals surface area contributed by atoms with E-state index >= 15 is 0 Å². The van der Waals surface area contributed by atoms with Gasteiger partial charge in [0.2, 0.25) is 0 Å². The minimum atomic E-state index is 0.775. The molecule has 4 nitrogen and oxygen atoms in total. The second kappa shape index (κ2) is 9.50. The van der Waals surface area contributed by atoms with Crippen LogP contribution in [0.1, 0.15) is 0 Å². The van der Waals surface area contributed by atoms with Crippen molar-refractivity contribution in [3.63, 3.8) is 0 Å². The van der Waals surface area contributed by atoms with Crippen molar-refractivity contribution in [3.05, 3.63) is 152 Å². The zero-order valence-corrected chi connectivity index (χ0v) is 25.7. The van der Waals surface area contributed by atoms with Gasteiger partial charge in [-0.3, -0.25) is 4.57 Å². The van der Waals surface area contributed by atoms with Crippen molar-refractivity contribution in [2.45, 2.75) is 0 Å². The molecule has 222 valence electrons. The van der Waals surface area contributed by atoms with Crippen LogP contribution in [-0.4, -0.2) is 14.5 Å². The summed E-state index contributed by atoms with van der Waals surface area (Å²) in [5, 5.41) is 11.4. The molecule has 48 heavy (non-hydrogen) atoms. The van der Waals surface area contributed by atoms with Crippen LogP contribution in [0.2, 0.25) is 0 Å². The van der Waals surface area contributed by atoms with E-state index in [2.05, 4.69) is 144 Å². The van der Waals surface area contributed by atoms with E-state index in [1.807, 2.05) is 12.1 Å². The second-order valence-corrected chi connectivity index (χ2v) is 12.5. The first-order valence-electron chi connectivity index (χ1n) is 16.3. The lowest BCUT2D eigenvalue weighted by atomic mass is 9.98. The van der Waals surface area contributed by atoms with Gasteiger partial charge in [0.1, 0.15) is 11.3 Å². The van der Waals surface area contributed by atoms with Gasteiger partial charge in [-0.2, -0.15) is 0 Å². The van der Waals surface area contributed by atoms with Crippen molar-refractivity contribution >= 4 is 87.1 Å². The standard InChI is InChI=1S/C44H25N3O/c1-2-14-26(15-3-1)39-44(46-41-32-21-9-5-17-28(32)27-16-4-8-20-31(27)40(41)45-39)47-35-24-12-10-22-33(35)37-29-18-6-7-19-30(29)38-34-23-11-13-25-36(34)48-43(38)42(37)47/h1-25H. The SMILES string of the molecule is c1ccc(-c2nc3c4ccccc4c4ccccc4c3nc2-n2c3ccccc3c3c4ccccc4c4c5ccccc5oc4c32)cc1. The van der Waals surface area contributed by atoms with Crippen LogP contribution in [-0.2, 0) is 0 Å². The van der Waals surface area contributed by atoms with Gasteiger partial charge in [-0.05, 0) is 33.7 Å². The third-order valence-electron chi connectivity index (χ3n) is 9.94. The fourth-order valence-corrected chi connectivity index (χ4v) is 7.94. The summed E-state index contributed by atoms with van der Waals surface area (Å²) in [5.74, 6) is 0.775. The van der Waals surface area contributed by atoms with Gasteiger partial charge in [-0.25, -0.2) is 9.97 Å². The molecule has 11 rings (SSSR count). The molecule has 0 saturated carbocycles. The highest BCUT2D eigenvalue weighted by Gasteiger charge is 2.26. The Bertz CT molecular complexity index is 3120. The Morgan fingerprint density at radius 2 is 0.938 bits per heavy atom. The highest BCUT2D eigenvalue weighted by Crippen LogP contribution is 2.46. The molecule has 0 radical (unpaired) electrons. The molecule has 3 heterocycles. The first kappa shape index (κ1) is 25.6. The Morgan fingerprint density at radius 3 is 1.65 bits per heavy atom. The van der Waals surface area contributed by atoms with Crippen molar-refractivity contribution < 1.29 is 4.42 Å². The minimum Gasteiger partial charge on any atom is -0.454 e. The van der Waals surface area contributed by atoms with E-state index < -0.39 is 0 Å². The van der Waals surface area contributed by atoms with Gasteiger partial charge in [0.05, 0.1) is 22.1 Å². The first-order valence-corrected chi connectivity index (χ1v) is 16.3. The number of furan rings is 1. The van der Waals surface area contributed by atoms with E-state index in [9.17, 15) is 0 Å². The predicted molar refractivity (Wildman–Crippen MR) is 199 cm³/mol. The Labute approximate surface area is 274 Å². The lowest BCUT2D eigenvalue weighted by Gasteiger charge is -2.16. The Kier molecular flexibility index (Phi) is 5.08. The first-order chi connectivity index (χ1) is 23.8. The van der Waals surface area contributed by atoms with Gasteiger partial charge in [0, 0.05) is 37.9 Å². The molecule has 0 aliphatic heterocycles. The number of benzene rings is 8. The summed E-state index contributed by atoms with van der Waals surface area (Å²) >= 11 is 0. The third kappa shape index (κ3) is 3.33. The third-order valence-corrected chi connectivity index (χ3v) is 9.94. The fraction of sp³-hybridized carbons (Fsp3) is 0. The molecule has 4 heteroatoms. The van der Waals surface area contributed by atoms with Gasteiger partial charge < -0.3 is 4.42 Å². The average molecular weight is 612 g/mol. The topological polar surface area (TPSA) is 43.9 Å². The van der Waals surface area contributed by atoms with Crippen molar-refractivity contribution in [2.75, 3.05) is 0 Å². The molecule has 11 aromatic rings. The molecule has 0 unspecified atom stereocenters. The van der Waals surface area contributed by atoms with Gasteiger partial charge in [-0.15, -0.1) is 0 Å². The van der Waals surface area contributed by atoms with Crippen molar-refractivity contribution in [1.82, 2.24) is 14.5 Å². The van der Waals surface area contributed by atoms with Gasteiger partial charge in [0.25, 0.3) is 0 Å². The van der Waals surface area contributed by atoms with E-state index in [-0.39, 0.29) is 0 Å². The average Bonchev–Trinajstić information content (AvgIpc) is 3.72. The van der Waals surface area contributed by atoms with Crippen LogP contribution < -0.4 is 0 Å². The van der Waals surface area contributed by atoms with Gasteiger partial charge in [-0.1, -0.05) is 140 Å². The van der Waals surface area contributed by atoms with Crippen molar-refractivity contribution in [3.8, 4) is 17.1 Å². The van der Waals surface area contributed by atoms with Crippen LogP contribution in [0.15, 0.2) is 156 Å². The minimum absolute atomic E-state index is 0.775. The lowest BCUT2D eigenvalue weighted by Crippen LogP contribution is -2.04. The monoisotopic (exact) mass is 611 g/mol. The molecule has 0 N–H and O–H groups in total. The van der Waals surface area contributed by atoms with Crippen molar-refractivity contribution in [2.24, 2.45) is 0 Å². The van der Waals surface area contributed by atoms with E-state index in [1.54, 1.807) is 0 Å². The highest BCUT2D eigenvalue weighted by molar-refractivity contribution is 6.35. The Balaban J connectivity index is 1.43. The van der Waals surface area contributed by atoms with Gasteiger partial charge in [0.15, 0.2) is 11.4 Å². The van der Waals surface area contributed by atoms with Crippen LogP contribution >= 0.6 is 0 Å². The summed E-state index contributed by atoms with van der Waals surface area (Å²) in [4.78, 5) is 11.2. The summed E-state index contributed by atoms with van der Waals surface area (Å²) in [6.07, 6.45) is 0. The molecular weight excluding hydrogens is 587 g/mol. The second-order valence-electron chi connectivity index (χ2n) is 12.5. The summed E-state index contributed by atoms with van der Waals surface area (Å²) in [7, 11) is 0. The molecule has 0 bridgehead atoms. The molecule has 0 aliphatic carbocycles. The van der Waals surface area contributed by atoms with Gasteiger partial charge >= 0.3 is 0 Å². The van der Waals surface area contributed by atoms with Crippen LogP contribution in [0.25, 0.3) is 104 Å². The highest BCUT2D eigenvalue weighted by atomic mass is 16.3. The van der Waals surface area contributed by atoms with Crippen LogP contribution in [0.4, 0.5) is 0 Å². The lowest BCUT2D eigenvalue weighted by molar-refractivity contribution is 0.671. The maximum Gasteiger partial charge on any atom is 0.165 e. The Hall–Kier alpha value is -6.52. The quantitative estimate of drug-likeness (QED) is 0.183. The van der Waals surface area contributed by atoms with Crippen LogP contribution in [0, 0.1) is 0 Å². The summed E-state index contributed by atoms with van der Waals surface area (Å²) in [6.45, 7) is 0. The number of hydrogen-bond acceptors (Lipinski definition) is 3. The van der Waals surface area contributed by atoms with E-state index in [1.165, 1.54) is 21.5 Å². The number of hydrogen-bond donors (Lipinski definition) is 0. The van der Waals surface area contributed by atoms with Crippen LogP contribution in [0.3, 0.4) is 0 Å². The van der Waals surface area contributed by atoms with E-state index in [0.717, 1.165) is 82.6 Å². The maximum absolute atomic E-state index is 6.86. The van der Waals surface area contributed by atoms with Crippen LogP contribution in [0.5, 0.6) is 0 Å². The number of para-hydroxylation sites is 2. The molecule has 8 aromatic carbocycles. The number of fused-ring (bicyclic) bond motifs is 16. The number of nitrogens with zero attached hydrogens (tertiary/aromatic N) is 3. The Morgan fingerprint density at radius 1 is 0.417 bits per heavy atom. The molecule has 0 spiro atoms. The zero-order chi connectivity index (χ0) is 31.3. The fourth-order valence-electron chi connectivity index (χ4n) is 7.94. The smallest absolute Gasteiger partial charge is 0.165 e. The van der Waals surface area contributed by atoms with E-state index in [4.69, 9.17) is 14.4 Å². The van der Waals surface area contributed by atoms with Crippen molar-refractivity contribution in [1.29, 1.82) is 0 Å². The normalized spacial score (nSPS) is 12.2. The molecule has 3 aromatic heterocycles. The maximum atomic E-state index is 6.86. The van der Waals surface area contributed by atoms with E-state index in [0.29, 0.717) is 0 Å². The predicted octanol–water partition coefficient (Wildman–Crippen LogP) is 11.8. The number of rotatable bonds is 2. The molecular formula is C44H25N3O. The molecule has 0 atom stereocenters. The summed E-state index contributed by atoms with van der Waals surface area (Å²) < 4.78 is 9.16. The molecule has 0 aliphatic rings. The largest absolute Gasteiger partial charge is 0.454 e. The molecule has 0 saturated heterocycles. The molecule has 0 amide bonds. The summed E-state index contributed by atoms with van der Waals surface area (Å²) in [6, 6.07) is 53.2. The number of aromatic nitrogens is 3.